The molecule has 0 aliphatic carbocycles. The van der Waals surface area contributed by atoms with Crippen molar-refractivity contribution in [2.24, 2.45) is 0 Å². The van der Waals surface area contributed by atoms with Gasteiger partial charge in [-0.15, -0.1) is 0 Å². The zero-order chi connectivity index (χ0) is 26.9. The van der Waals surface area contributed by atoms with Crippen molar-refractivity contribution in [3.05, 3.63) is 119 Å². The molecule has 2 N–H and O–H groups in total. The summed E-state index contributed by atoms with van der Waals surface area (Å²) in [6.45, 7) is 1.34. The SMILES string of the molecule is CC(=O)Nc1ccc(S(=O)(=O)NC(=O)c2ccc3c(c2)c(=O)n(-c2ccccc2)n3-c2ccccc2)cc1. The summed E-state index contributed by atoms with van der Waals surface area (Å²) < 4.78 is 30.9. The van der Waals surface area contributed by atoms with Crippen LogP contribution in [0.2, 0.25) is 0 Å². The van der Waals surface area contributed by atoms with Gasteiger partial charge in [-0.3, -0.25) is 14.4 Å². The van der Waals surface area contributed by atoms with Crippen LogP contribution in [-0.4, -0.2) is 29.6 Å². The van der Waals surface area contributed by atoms with Gasteiger partial charge in [-0.2, -0.15) is 0 Å². The number of hydrogen-bond acceptors (Lipinski definition) is 5. The van der Waals surface area contributed by atoms with Gasteiger partial charge in [0.25, 0.3) is 21.5 Å². The summed E-state index contributed by atoms with van der Waals surface area (Å²) >= 11 is 0. The normalized spacial score (nSPS) is 11.3. The van der Waals surface area contributed by atoms with Gasteiger partial charge in [-0.25, -0.2) is 22.5 Å². The Bertz CT molecular complexity index is 1830. The number of amides is 2. The molecule has 38 heavy (non-hydrogen) atoms. The first-order valence-corrected chi connectivity index (χ1v) is 13.1. The molecule has 0 saturated carbocycles. The fraction of sp³-hybridized carbons (Fsp3) is 0.0357. The first-order valence-electron chi connectivity index (χ1n) is 11.6. The van der Waals surface area contributed by atoms with Crippen LogP contribution in [0.25, 0.3) is 22.3 Å². The maximum Gasteiger partial charge on any atom is 0.279 e. The number of aromatic nitrogens is 2. The minimum absolute atomic E-state index is 0.0125. The summed E-state index contributed by atoms with van der Waals surface area (Å²) in [4.78, 5) is 37.6. The Morgan fingerprint density at radius 1 is 0.737 bits per heavy atom. The highest BCUT2D eigenvalue weighted by Gasteiger charge is 2.22. The number of fused-ring (bicyclic) bond motifs is 1. The van der Waals surface area contributed by atoms with E-state index in [1.54, 1.807) is 22.9 Å². The van der Waals surface area contributed by atoms with Crippen molar-refractivity contribution in [1.82, 2.24) is 14.1 Å². The van der Waals surface area contributed by atoms with Crippen molar-refractivity contribution in [2.45, 2.75) is 11.8 Å². The molecule has 5 rings (SSSR count). The lowest BCUT2D eigenvalue weighted by Gasteiger charge is -2.13. The second-order valence-electron chi connectivity index (χ2n) is 8.47. The van der Waals surface area contributed by atoms with E-state index in [9.17, 15) is 22.8 Å². The Kier molecular flexibility index (Phi) is 6.39. The Morgan fingerprint density at radius 2 is 1.32 bits per heavy atom. The fourth-order valence-corrected chi connectivity index (χ4v) is 5.11. The average Bonchev–Trinajstić information content (AvgIpc) is 3.21. The van der Waals surface area contributed by atoms with Gasteiger partial charge in [0.15, 0.2) is 0 Å². The van der Waals surface area contributed by atoms with Gasteiger partial charge in [-0.1, -0.05) is 36.4 Å². The Morgan fingerprint density at radius 3 is 1.89 bits per heavy atom. The molecule has 5 aromatic rings. The van der Waals surface area contributed by atoms with Gasteiger partial charge in [-0.05, 0) is 66.7 Å². The lowest BCUT2D eigenvalue weighted by molar-refractivity contribution is -0.114. The molecule has 0 radical (unpaired) electrons. The Hall–Kier alpha value is -4.96. The van der Waals surface area contributed by atoms with Gasteiger partial charge in [0.05, 0.1) is 27.2 Å². The van der Waals surface area contributed by atoms with Gasteiger partial charge >= 0.3 is 0 Å². The van der Waals surface area contributed by atoms with Crippen molar-refractivity contribution < 1.29 is 18.0 Å². The fourth-order valence-electron chi connectivity index (χ4n) is 4.13. The first kappa shape index (κ1) is 24.7. The van der Waals surface area contributed by atoms with Gasteiger partial charge < -0.3 is 5.32 Å². The number of anilines is 1. The van der Waals surface area contributed by atoms with Crippen molar-refractivity contribution in [1.29, 1.82) is 0 Å². The molecule has 10 heteroatoms. The quantitative estimate of drug-likeness (QED) is 0.348. The van der Waals surface area contributed by atoms with E-state index in [2.05, 4.69) is 5.32 Å². The number of hydrogen-bond donors (Lipinski definition) is 2. The molecule has 0 bridgehead atoms. The number of sulfonamides is 1. The van der Waals surface area contributed by atoms with Gasteiger partial charge in [0.2, 0.25) is 5.91 Å². The van der Waals surface area contributed by atoms with Crippen LogP contribution in [-0.2, 0) is 14.8 Å². The van der Waals surface area contributed by atoms with Gasteiger partial charge in [0, 0.05) is 18.2 Å². The molecule has 0 aliphatic heterocycles. The van der Waals surface area contributed by atoms with Crippen LogP contribution in [0.3, 0.4) is 0 Å². The van der Waals surface area contributed by atoms with E-state index in [4.69, 9.17) is 0 Å². The smallest absolute Gasteiger partial charge is 0.279 e. The highest BCUT2D eigenvalue weighted by atomic mass is 32.2. The van der Waals surface area contributed by atoms with E-state index in [-0.39, 0.29) is 27.3 Å². The maximum atomic E-state index is 13.6. The van der Waals surface area contributed by atoms with Crippen LogP contribution >= 0.6 is 0 Å². The molecule has 1 heterocycles. The molecular formula is C28H22N4O5S. The lowest BCUT2D eigenvalue weighted by Crippen LogP contribution is -2.30. The largest absolute Gasteiger partial charge is 0.326 e. The number of nitrogens with zero attached hydrogens (tertiary/aromatic N) is 2. The van der Waals surface area contributed by atoms with E-state index in [1.807, 2.05) is 53.3 Å². The summed E-state index contributed by atoms with van der Waals surface area (Å²) in [5.74, 6) is -1.17. The molecule has 0 atom stereocenters. The zero-order valence-electron chi connectivity index (χ0n) is 20.2. The highest BCUT2D eigenvalue weighted by molar-refractivity contribution is 7.90. The van der Waals surface area contributed by atoms with Crippen molar-refractivity contribution in [3.8, 4) is 11.4 Å². The summed E-state index contributed by atoms with van der Waals surface area (Å²) in [6.07, 6.45) is 0. The second-order valence-corrected chi connectivity index (χ2v) is 10.2. The van der Waals surface area contributed by atoms with E-state index in [0.717, 1.165) is 5.69 Å². The first-order chi connectivity index (χ1) is 18.2. The molecule has 0 unspecified atom stereocenters. The highest BCUT2D eigenvalue weighted by Crippen LogP contribution is 2.22. The number of para-hydroxylation sites is 2. The predicted octanol–water partition coefficient (Wildman–Crippen LogP) is 3.86. The summed E-state index contributed by atoms with van der Waals surface area (Å²) in [7, 11) is -4.21. The molecule has 0 spiro atoms. The number of carbonyl (C=O) groups is 2. The third kappa shape index (κ3) is 4.72. The van der Waals surface area contributed by atoms with Crippen LogP contribution in [0.15, 0.2) is 113 Å². The summed E-state index contributed by atoms with van der Waals surface area (Å²) in [5.41, 5.74) is 2.00. The summed E-state index contributed by atoms with van der Waals surface area (Å²) in [5, 5.41) is 2.80. The van der Waals surface area contributed by atoms with E-state index >= 15 is 0 Å². The number of rotatable bonds is 6. The lowest BCUT2D eigenvalue weighted by atomic mass is 10.1. The third-order valence-corrected chi connectivity index (χ3v) is 7.17. The summed E-state index contributed by atoms with van der Waals surface area (Å²) in [6, 6.07) is 28.3. The maximum absolute atomic E-state index is 13.6. The molecule has 4 aromatic carbocycles. The number of nitrogens with one attached hydrogen (secondary N) is 2. The molecule has 9 nitrogen and oxygen atoms in total. The van der Waals surface area contributed by atoms with Crippen molar-refractivity contribution in [3.63, 3.8) is 0 Å². The second kappa shape index (κ2) is 9.83. The Balaban J connectivity index is 1.53. The van der Waals surface area contributed by atoms with Crippen LogP contribution in [0.4, 0.5) is 5.69 Å². The van der Waals surface area contributed by atoms with Crippen molar-refractivity contribution in [2.75, 3.05) is 5.32 Å². The molecule has 190 valence electrons. The van der Waals surface area contributed by atoms with Crippen LogP contribution in [0, 0.1) is 0 Å². The molecule has 1 aromatic heterocycles. The minimum Gasteiger partial charge on any atom is -0.326 e. The number of carbonyl (C=O) groups excluding carboxylic acids is 2. The number of benzene rings is 4. The average molecular weight is 527 g/mol. The predicted molar refractivity (Wildman–Crippen MR) is 144 cm³/mol. The molecule has 2 amide bonds. The van der Waals surface area contributed by atoms with E-state index in [1.165, 1.54) is 48.0 Å². The van der Waals surface area contributed by atoms with Crippen LogP contribution in [0.5, 0.6) is 0 Å². The topological polar surface area (TPSA) is 119 Å². The standard InChI is InChI=1S/C28H22N4O5S/c1-19(33)29-21-13-15-24(16-14-21)38(36,37)30-27(34)20-12-17-26-25(18-20)28(35)32(23-10-6-3-7-11-23)31(26)22-8-4-2-5-9-22/h2-18H,1H3,(H,29,33)(H,30,34). The van der Waals surface area contributed by atoms with Gasteiger partial charge in [0.1, 0.15) is 0 Å². The minimum atomic E-state index is -4.21. The van der Waals surface area contributed by atoms with E-state index < -0.39 is 15.9 Å². The van der Waals surface area contributed by atoms with Crippen LogP contribution in [0.1, 0.15) is 17.3 Å². The van der Waals surface area contributed by atoms with Crippen molar-refractivity contribution >= 4 is 38.4 Å². The Labute approximate surface area is 218 Å². The third-order valence-electron chi connectivity index (χ3n) is 5.82. The van der Waals surface area contributed by atoms with Crippen LogP contribution < -0.4 is 15.6 Å². The molecular weight excluding hydrogens is 504 g/mol. The molecule has 0 fully saturated rings. The molecule has 0 saturated heterocycles. The zero-order valence-corrected chi connectivity index (χ0v) is 21.0. The monoisotopic (exact) mass is 526 g/mol. The van der Waals surface area contributed by atoms with E-state index in [0.29, 0.717) is 16.9 Å². The molecule has 0 aliphatic rings.